The van der Waals surface area contributed by atoms with E-state index < -0.39 is 15.4 Å². The third-order valence-corrected chi connectivity index (χ3v) is 8.39. The van der Waals surface area contributed by atoms with Crippen molar-refractivity contribution in [2.24, 2.45) is 5.92 Å². The van der Waals surface area contributed by atoms with Crippen LogP contribution in [0.5, 0.6) is 0 Å². The molecule has 28 heavy (non-hydrogen) atoms. The van der Waals surface area contributed by atoms with E-state index in [2.05, 4.69) is 16.0 Å². The second-order valence-corrected chi connectivity index (χ2v) is 10.7. The first-order valence-corrected chi connectivity index (χ1v) is 11.6. The molecule has 0 bridgehead atoms. The van der Waals surface area contributed by atoms with Gasteiger partial charge in [-0.05, 0) is 48.4 Å². The highest BCUT2D eigenvalue weighted by atomic mass is 35.5. The summed E-state index contributed by atoms with van der Waals surface area (Å²) in [4.78, 5) is 23.2. The Morgan fingerprint density at radius 2 is 1.89 bits per heavy atom. The van der Waals surface area contributed by atoms with Gasteiger partial charge in [0.05, 0.1) is 22.6 Å². The van der Waals surface area contributed by atoms with E-state index >= 15 is 0 Å². The monoisotopic (exact) mass is 417 g/mol. The van der Waals surface area contributed by atoms with Crippen molar-refractivity contribution in [1.29, 1.82) is 0 Å². The zero-order chi connectivity index (χ0) is 19.5. The van der Waals surface area contributed by atoms with Crippen LogP contribution in [0.4, 0.5) is 0 Å². The lowest BCUT2D eigenvalue weighted by atomic mass is 9.87. The molecule has 1 atom stereocenters. The fourth-order valence-corrected chi connectivity index (χ4v) is 7.09. The average Bonchev–Trinajstić information content (AvgIpc) is 3.00. The molecule has 2 aliphatic heterocycles. The molecule has 1 amide bonds. The Hall–Kier alpha value is -1.99. The van der Waals surface area contributed by atoms with Crippen LogP contribution in [-0.4, -0.2) is 52.8 Å². The second-order valence-electron chi connectivity index (χ2n) is 8.24. The molecule has 6 nitrogen and oxygen atoms in total. The minimum Gasteiger partial charge on any atom is -0.331 e. The van der Waals surface area contributed by atoms with Gasteiger partial charge in [-0.1, -0.05) is 17.7 Å². The van der Waals surface area contributed by atoms with Crippen molar-refractivity contribution in [3.63, 3.8) is 0 Å². The van der Waals surface area contributed by atoms with Crippen LogP contribution in [0, 0.1) is 5.92 Å². The Morgan fingerprint density at radius 1 is 1.18 bits per heavy atom. The number of likely N-dealkylation sites (tertiary alicyclic amines) is 1. The maximum atomic E-state index is 12.7. The summed E-state index contributed by atoms with van der Waals surface area (Å²) < 4.78 is 23.1. The molecule has 0 N–H and O–H groups in total. The number of halogens is 1. The molecule has 8 heteroatoms. The van der Waals surface area contributed by atoms with E-state index in [9.17, 15) is 13.2 Å². The molecule has 2 aromatic rings. The quantitative estimate of drug-likeness (QED) is 0.764. The van der Waals surface area contributed by atoms with Gasteiger partial charge in [-0.2, -0.15) is 0 Å². The zero-order valence-electron chi connectivity index (χ0n) is 15.3. The summed E-state index contributed by atoms with van der Waals surface area (Å²) in [7, 11) is -2.98. The number of rotatable bonds is 3. The first-order chi connectivity index (χ1) is 13.3. The van der Waals surface area contributed by atoms with Crippen molar-refractivity contribution in [3.8, 4) is 0 Å². The van der Waals surface area contributed by atoms with Crippen molar-refractivity contribution < 1.29 is 13.2 Å². The fourth-order valence-electron chi connectivity index (χ4n) is 4.74. The third kappa shape index (κ3) is 3.01. The number of fused-ring (bicyclic) bond motifs is 1. The maximum absolute atomic E-state index is 12.7. The number of amides is 1. The van der Waals surface area contributed by atoms with Crippen LogP contribution >= 0.6 is 11.6 Å². The molecule has 1 spiro atoms. The lowest BCUT2D eigenvalue weighted by molar-refractivity contribution is 0.0122. The first-order valence-electron chi connectivity index (χ1n) is 9.44. The lowest BCUT2D eigenvalue weighted by Crippen LogP contribution is -2.74. The number of hydrogen-bond acceptors (Lipinski definition) is 5. The number of aromatic nitrogens is 2. The Morgan fingerprint density at radius 3 is 2.54 bits per heavy atom. The smallest absolute Gasteiger partial charge is 0.257 e. The van der Waals surface area contributed by atoms with Gasteiger partial charge in [0, 0.05) is 30.4 Å². The minimum absolute atomic E-state index is 0.0803. The molecule has 2 saturated heterocycles. The van der Waals surface area contributed by atoms with Crippen molar-refractivity contribution >= 4 is 27.3 Å². The van der Waals surface area contributed by atoms with Gasteiger partial charge in [0.25, 0.3) is 5.91 Å². The normalized spacial score (nSPS) is 23.8. The molecule has 1 aliphatic carbocycles. The summed E-state index contributed by atoms with van der Waals surface area (Å²) in [5, 5.41) is 0.765. The number of hydrogen-bond donors (Lipinski definition) is 0. The summed E-state index contributed by atoms with van der Waals surface area (Å²) in [5.74, 6) is 1.16. The molecular weight excluding hydrogens is 398 g/mol. The highest BCUT2D eigenvalue weighted by Gasteiger charge is 2.59. The van der Waals surface area contributed by atoms with Gasteiger partial charge in [-0.15, -0.1) is 0 Å². The van der Waals surface area contributed by atoms with Crippen molar-refractivity contribution in [2.75, 3.05) is 18.1 Å². The van der Waals surface area contributed by atoms with E-state index in [1.165, 1.54) is 11.1 Å². The van der Waals surface area contributed by atoms with Crippen LogP contribution in [0.2, 0.25) is 5.02 Å². The average molecular weight is 418 g/mol. The van der Waals surface area contributed by atoms with Gasteiger partial charge in [-0.3, -0.25) is 4.79 Å². The molecule has 1 unspecified atom stereocenters. The standard InChI is InChI=1S/C20H20ClN3O3S/c21-17-2-1-14-5-13(6-15(14)8-17)7-18-22-9-16(10-23-18)19(25)24-4-3-20(24)11-28(26,27)12-20/h1-2,8-10,13H,3-7,11-12H2. The molecule has 1 aromatic carbocycles. The number of carbonyl (C=O) groups excluding carboxylic acids is 1. The van der Waals surface area contributed by atoms with E-state index in [1.54, 1.807) is 17.3 Å². The third-order valence-electron chi connectivity index (χ3n) is 6.20. The summed E-state index contributed by atoms with van der Waals surface area (Å²) in [6.07, 6.45) is 6.60. The van der Waals surface area contributed by atoms with Gasteiger partial charge in [0.15, 0.2) is 9.84 Å². The zero-order valence-corrected chi connectivity index (χ0v) is 16.8. The molecule has 5 rings (SSSR count). The maximum Gasteiger partial charge on any atom is 0.257 e. The molecule has 3 aliphatic rings. The lowest BCUT2D eigenvalue weighted by Gasteiger charge is -2.57. The number of nitrogens with zero attached hydrogens (tertiary/aromatic N) is 3. The molecule has 2 fully saturated rings. The van der Waals surface area contributed by atoms with Crippen molar-refractivity contribution in [2.45, 2.75) is 31.2 Å². The highest BCUT2D eigenvalue weighted by Crippen LogP contribution is 2.41. The summed E-state index contributed by atoms with van der Waals surface area (Å²) in [5.41, 5.74) is 2.57. The van der Waals surface area contributed by atoms with Gasteiger partial charge < -0.3 is 4.90 Å². The van der Waals surface area contributed by atoms with Crippen LogP contribution in [0.25, 0.3) is 0 Å². The SMILES string of the molecule is O=C(c1cnc(CC2Cc3ccc(Cl)cc3C2)nc1)N1CCC12CS(=O)(=O)C2. The Bertz CT molecular complexity index is 1060. The molecule has 3 heterocycles. The van der Waals surface area contributed by atoms with E-state index in [0.29, 0.717) is 18.0 Å². The van der Waals surface area contributed by atoms with Crippen LogP contribution in [0.15, 0.2) is 30.6 Å². The van der Waals surface area contributed by atoms with E-state index in [1.807, 2.05) is 12.1 Å². The van der Waals surface area contributed by atoms with Crippen LogP contribution in [0.1, 0.15) is 33.7 Å². The predicted octanol–water partition coefficient (Wildman–Crippen LogP) is 2.10. The summed E-state index contributed by atoms with van der Waals surface area (Å²) in [6.45, 7) is 0.596. The summed E-state index contributed by atoms with van der Waals surface area (Å²) in [6, 6.07) is 6.04. The van der Waals surface area contributed by atoms with Gasteiger partial charge >= 0.3 is 0 Å². The Balaban J connectivity index is 1.24. The molecule has 0 radical (unpaired) electrons. The molecule has 0 saturated carbocycles. The van der Waals surface area contributed by atoms with Crippen LogP contribution in [-0.2, 0) is 29.1 Å². The van der Waals surface area contributed by atoms with Crippen LogP contribution in [0.3, 0.4) is 0 Å². The van der Waals surface area contributed by atoms with Gasteiger partial charge in [0.1, 0.15) is 5.82 Å². The van der Waals surface area contributed by atoms with E-state index in [4.69, 9.17) is 11.6 Å². The predicted molar refractivity (Wildman–Crippen MR) is 105 cm³/mol. The Labute approximate surface area is 168 Å². The topological polar surface area (TPSA) is 80.2 Å². The minimum atomic E-state index is -2.98. The molecule has 1 aromatic heterocycles. The highest BCUT2D eigenvalue weighted by molar-refractivity contribution is 7.93. The van der Waals surface area contributed by atoms with Gasteiger partial charge in [-0.25, -0.2) is 18.4 Å². The van der Waals surface area contributed by atoms with Crippen molar-refractivity contribution in [3.05, 3.63) is 58.1 Å². The first kappa shape index (κ1) is 18.1. The summed E-state index contributed by atoms with van der Waals surface area (Å²) >= 11 is 6.08. The van der Waals surface area contributed by atoms with Gasteiger partial charge in [0.2, 0.25) is 0 Å². The van der Waals surface area contributed by atoms with Crippen LogP contribution < -0.4 is 0 Å². The fraction of sp³-hybridized carbons (Fsp3) is 0.450. The van der Waals surface area contributed by atoms with E-state index in [0.717, 1.165) is 36.5 Å². The van der Waals surface area contributed by atoms with Crippen molar-refractivity contribution in [1.82, 2.24) is 14.9 Å². The van der Waals surface area contributed by atoms with E-state index in [-0.39, 0.29) is 17.4 Å². The number of benzene rings is 1. The molecular formula is C20H20ClN3O3S. The number of carbonyl (C=O) groups is 1. The second kappa shape index (κ2) is 6.26. The number of sulfone groups is 1. The largest absolute Gasteiger partial charge is 0.331 e. The molecule has 146 valence electrons. The Kier molecular flexibility index (Phi) is 4.04.